The third-order valence-corrected chi connectivity index (χ3v) is 4.35. The SMILES string of the molecule is CCOC(=O)[C@@H]1O[C@H]1C(=O)N[C@H](CCc1ccccc1)C(=O)NCCCCO. The van der Waals surface area contributed by atoms with Gasteiger partial charge in [-0.2, -0.15) is 0 Å². The van der Waals surface area contributed by atoms with Gasteiger partial charge < -0.3 is 25.2 Å². The summed E-state index contributed by atoms with van der Waals surface area (Å²) >= 11 is 0. The number of hydrogen-bond acceptors (Lipinski definition) is 6. The molecule has 28 heavy (non-hydrogen) atoms. The van der Waals surface area contributed by atoms with Crippen molar-refractivity contribution in [1.82, 2.24) is 10.6 Å². The minimum atomic E-state index is -0.916. The number of carbonyl (C=O) groups excluding carboxylic acids is 3. The third kappa shape index (κ3) is 6.94. The van der Waals surface area contributed by atoms with Crippen LogP contribution < -0.4 is 10.6 Å². The summed E-state index contributed by atoms with van der Waals surface area (Å²) in [5.74, 6) is -1.37. The van der Waals surface area contributed by atoms with Crippen LogP contribution in [0.1, 0.15) is 31.7 Å². The Labute approximate surface area is 164 Å². The van der Waals surface area contributed by atoms with Gasteiger partial charge in [0.2, 0.25) is 5.91 Å². The molecule has 3 N–H and O–H groups in total. The summed E-state index contributed by atoms with van der Waals surface area (Å²) in [4.78, 5) is 36.5. The molecule has 1 aliphatic rings. The Hall–Kier alpha value is -2.45. The van der Waals surface area contributed by atoms with Crippen LogP contribution in [0.2, 0.25) is 0 Å². The highest BCUT2D eigenvalue weighted by Crippen LogP contribution is 2.24. The Bertz CT molecular complexity index is 651. The molecule has 0 radical (unpaired) electrons. The smallest absolute Gasteiger partial charge is 0.338 e. The van der Waals surface area contributed by atoms with E-state index in [1.54, 1.807) is 6.92 Å². The van der Waals surface area contributed by atoms with Gasteiger partial charge in [0, 0.05) is 13.2 Å². The number of aliphatic hydroxyl groups excluding tert-OH is 1. The number of benzene rings is 1. The van der Waals surface area contributed by atoms with Crippen LogP contribution in [0.3, 0.4) is 0 Å². The summed E-state index contributed by atoms with van der Waals surface area (Å²) < 4.78 is 9.94. The van der Waals surface area contributed by atoms with Crippen LogP contribution in [0, 0.1) is 0 Å². The van der Waals surface area contributed by atoms with Crippen molar-refractivity contribution >= 4 is 17.8 Å². The van der Waals surface area contributed by atoms with E-state index in [2.05, 4.69) is 10.6 Å². The average Bonchev–Trinajstić information content (AvgIpc) is 3.50. The summed E-state index contributed by atoms with van der Waals surface area (Å²) in [6, 6.07) is 8.92. The maximum atomic E-state index is 12.5. The maximum Gasteiger partial charge on any atom is 0.338 e. The predicted molar refractivity (Wildman–Crippen MR) is 101 cm³/mol. The normalized spacial score (nSPS) is 18.8. The van der Waals surface area contributed by atoms with E-state index in [0.29, 0.717) is 32.2 Å². The van der Waals surface area contributed by atoms with Gasteiger partial charge in [0.25, 0.3) is 5.91 Å². The number of nitrogens with one attached hydrogen (secondary N) is 2. The second-order valence-electron chi connectivity index (χ2n) is 6.54. The zero-order valence-corrected chi connectivity index (χ0v) is 16.1. The van der Waals surface area contributed by atoms with Gasteiger partial charge in [-0.05, 0) is 38.2 Å². The second kappa shape index (κ2) is 11.4. The van der Waals surface area contributed by atoms with Crippen molar-refractivity contribution < 1.29 is 29.0 Å². The van der Waals surface area contributed by atoms with Gasteiger partial charge in [-0.25, -0.2) is 4.79 Å². The van der Waals surface area contributed by atoms with Gasteiger partial charge in [0.05, 0.1) is 6.61 Å². The first-order chi connectivity index (χ1) is 13.6. The Morgan fingerprint density at radius 2 is 1.93 bits per heavy atom. The van der Waals surface area contributed by atoms with E-state index < -0.39 is 30.1 Å². The lowest BCUT2D eigenvalue weighted by molar-refractivity contribution is -0.144. The molecule has 0 unspecified atom stereocenters. The van der Waals surface area contributed by atoms with Crippen molar-refractivity contribution in [2.24, 2.45) is 0 Å². The van der Waals surface area contributed by atoms with E-state index in [1.165, 1.54) is 0 Å². The number of amides is 2. The van der Waals surface area contributed by atoms with Gasteiger partial charge in [0.15, 0.2) is 12.2 Å². The van der Waals surface area contributed by atoms with E-state index in [-0.39, 0.29) is 19.1 Å². The number of carbonyl (C=O) groups is 3. The highest BCUT2D eigenvalue weighted by molar-refractivity contribution is 5.95. The second-order valence-corrected chi connectivity index (χ2v) is 6.54. The summed E-state index contributed by atoms with van der Waals surface area (Å²) in [5, 5.41) is 14.3. The summed E-state index contributed by atoms with van der Waals surface area (Å²) in [6.07, 6.45) is 0.459. The standard InChI is InChI=1S/C20H28N2O6/c1-2-27-20(26)17-16(28-17)19(25)22-15(18(24)21-12-6-7-13-23)11-10-14-8-4-3-5-9-14/h3-5,8-9,15-17,23H,2,6-7,10-13H2,1H3,(H,21,24)(H,22,25)/t15-,16-,17-/m1/s1. The molecule has 8 heteroatoms. The third-order valence-electron chi connectivity index (χ3n) is 4.35. The lowest BCUT2D eigenvalue weighted by atomic mass is 10.0. The Kier molecular flexibility index (Phi) is 8.90. The number of esters is 1. The van der Waals surface area contributed by atoms with Gasteiger partial charge >= 0.3 is 5.97 Å². The minimum Gasteiger partial charge on any atom is -0.464 e. The number of hydrogen-bond donors (Lipinski definition) is 3. The fourth-order valence-electron chi connectivity index (χ4n) is 2.77. The molecule has 0 aliphatic carbocycles. The van der Waals surface area contributed by atoms with E-state index in [9.17, 15) is 14.4 Å². The molecule has 2 amide bonds. The van der Waals surface area contributed by atoms with Crippen LogP contribution in [0.25, 0.3) is 0 Å². The Balaban J connectivity index is 1.90. The van der Waals surface area contributed by atoms with Crippen molar-refractivity contribution in [3.63, 3.8) is 0 Å². The number of ether oxygens (including phenoxy) is 2. The number of aliphatic hydroxyl groups is 1. The number of rotatable bonds is 12. The first-order valence-corrected chi connectivity index (χ1v) is 9.61. The van der Waals surface area contributed by atoms with E-state index >= 15 is 0 Å². The van der Waals surface area contributed by atoms with Crippen LogP contribution in [0.4, 0.5) is 0 Å². The van der Waals surface area contributed by atoms with E-state index in [0.717, 1.165) is 5.56 Å². The largest absolute Gasteiger partial charge is 0.464 e. The fraction of sp³-hybridized carbons (Fsp3) is 0.550. The zero-order valence-electron chi connectivity index (χ0n) is 16.1. The van der Waals surface area contributed by atoms with Crippen molar-refractivity contribution in [2.45, 2.75) is 50.9 Å². The number of unbranched alkanes of at least 4 members (excludes halogenated alkanes) is 1. The molecule has 1 aromatic carbocycles. The molecule has 1 saturated heterocycles. The molecule has 8 nitrogen and oxygen atoms in total. The molecule has 1 aromatic rings. The van der Waals surface area contributed by atoms with Gasteiger partial charge in [-0.1, -0.05) is 30.3 Å². The van der Waals surface area contributed by atoms with Crippen LogP contribution >= 0.6 is 0 Å². The van der Waals surface area contributed by atoms with Crippen molar-refractivity contribution in [1.29, 1.82) is 0 Å². The van der Waals surface area contributed by atoms with E-state index in [4.69, 9.17) is 14.6 Å². The molecule has 0 bridgehead atoms. The van der Waals surface area contributed by atoms with Crippen molar-refractivity contribution in [2.75, 3.05) is 19.8 Å². The molecule has 0 saturated carbocycles. The lowest BCUT2D eigenvalue weighted by Crippen LogP contribution is -2.49. The molecule has 154 valence electrons. The van der Waals surface area contributed by atoms with Gasteiger partial charge in [0.1, 0.15) is 6.04 Å². The summed E-state index contributed by atoms with van der Waals surface area (Å²) in [5.41, 5.74) is 1.06. The molecule has 1 aliphatic heterocycles. The fourth-order valence-corrected chi connectivity index (χ4v) is 2.77. The molecule has 0 spiro atoms. The Morgan fingerprint density at radius 3 is 2.61 bits per heavy atom. The summed E-state index contributed by atoms with van der Waals surface area (Å²) in [7, 11) is 0. The highest BCUT2D eigenvalue weighted by Gasteiger charge is 2.52. The number of epoxide rings is 1. The first kappa shape index (κ1) is 21.8. The minimum absolute atomic E-state index is 0.0678. The van der Waals surface area contributed by atoms with E-state index in [1.807, 2.05) is 30.3 Å². The van der Waals surface area contributed by atoms with Gasteiger partial charge in [-0.3, -0.25) is 9.59 Å². The highest BCUT2D eigenvalue weighted by atomic mass is 16.6. The van der Waals surface area contributed by atoms with Crippen molar-refractivity contribution in [3.05, 3.63) is 35.9 Å². The molecular weight excluding hydrogens is 364 g/mol. The topological polar surface area (TPSA) is 117 Å². The Morgan fingerprint density at radius 1 is 1.18 bits per heavy atom. The summed E-state index contributed by atoms with van der Waals surface area (Å²) in [6.45, 7) is 2.37. The monoisotopic (exact) mass is 392 g/mol. The zero-order chi connectivity index (χ0) is 20.4. The molecule has 2 rings (SSSR count). The average molecular weight is 392 g/mol. The van der Waals surface area contributed by atoms with Crippen LogP contribution in [0.15, 0.2) is 30.3 Å². The quantitative estimate of drug-likeness (QED) is 0.268. The van der Waals surface area contributed by atoms with Gasteiger partial charge in [-0.15, -0.1) is 0 Å². The maximum absolute atomic E-state index is 12.5. The molecule has 1 fully saturated rings. The molecule has 3 atom stereocenters. The molecule has 1 heterocycles. The first-order valence-electron chi connectivity index (χ1n) is 9.61. The van der Waals surface area contributed by atoms with Crippen LogP contribution in [-0.4, -0.2) is 60.9 Å². The van der Waals surface area contributed by atoms with Crippen LogP contribution in [0.5, 0.6) is 0 Å². The molecular formula is C20H28N2O6. The predicted octanol–water partition coefficient (Wildman–Crippen LogP) is 0.323. The van der Waals surface area contributed by atoms with Crippen molar-refractivity contribution in [3.8, 4) is 0 Å². The number of aryl methyl sites for hydroxylation is 1. The molecule has 0 aromatic heterocycles. The van der Waals surface area contributed by atoms with Crippen LogP contribution in [-0.2, 0) is 30.3 Å². The lowest BCUT2D eigenvalue weighted by Gasteiger charge is -2.18.